The fourth-order valence-corrected chi connectivity index (χ4v) is 2.65. The van der Waals surface area contributed by atoms with Crippen LogP contribution in [0, 0.1) is 0 Å². The van der Waals surface area contributed by atoms with Crippen molar-refractivity contribution in [2.45, 2.75) is 25.5 Å². The molecule has 1 heterocycles. The second-order valence-corrected chi connectivity index (χ2v) is 5.67. The highest BCUT2D eigenvalue weighted by Gasteiger charge is 2.28. The van der Waals surface area contributed by atoms with Crippen molar-refractivity contribution in [3.05, 3.63) is 28.8 Å². The van der Waals surface area contributed by atoms with Crippen LogP contribution in [-0.2, 0) is 4.74 Å². The van der Waals surface area contributed by atoms with Gasteiger partial charge in [0.15, 0.2) is 0 Å². The third kappa shape index (κ3) is 4.25. The Morgan fingerprint density at radius 1 is 1.59 bits per heavy atom. The molecule has 6 nitrogen and oxygen atoms in total. The molecule has 1 amide bonds. The van der Waals surface area contributed by atoms with Gasteiger partial charge in [0.1, 0.15) is 12.4 Å². The molecule has 22 heavy (non-hydrogen) atoms. The predicted molar refractivity (Wildman–Crippen MR) is 81.5 cm³/mol. The molecule has 0 saturated carbocycles. The Labute approximate surface area is 134 Å². The zero-order valence-electron chi connectivity index (χ0n) is 12.4. The third-order valence-corrected chi connectivity index (χ3v) is 3.73. The molecule has 1 aliphatic heterocycles. The summed E-state index contributed by atoms with van der Waals surface area (Å²) < 4.78 is 10.9. The van der Waals surface area contributed by atoms with Crippen LogP contribution >= 0.6 is 11.6 Å². The van der Waals surface area contributed by atoms with Crippen LogP contribution < -0.4 is 4.74 Å². The number of hydrogen-bond donors (Lipinski definition) is 2. The lowest BCUT2D eigenvalue weighted by Gasteiger charge is -2.27. The largest absolute Gasteiger partial charge is 0.491 e. The number of aliphatic hydroxyl groups is 1. The number of ether oxygens (including phenoxy) is 2. The van der Waals surface area contributed by atoms with Gasteiger partial charge in [0, 0.05) is 18.2 Å². The second kappa shape index (κ2) is 7.67. The van der Waals surface area contributed by atoms with Crippen molar-refractivity contribution < 1.29 is 24.5 Å². The summed E-state index contributed by atoms with van der Waals surface area (Å²) in [4.78, 5) is 12.8. The van der Waals surface area contributed by atoms with E-state index >= 15 is 0 Å². The average molecular weight is 330 g/mol. The molecule has 2 rings (SSSR count). The summed E-state index contributed by atoms with van der Waals surface area (Å²) in [5.41, 5.74) is 0.690. The van der Waals surface area contributed by atoms with E-state index in [-0.39, 0.29) is 13.2 Å². The molecule has 122 valence electrons. The van der Waals surface area contributed by atoms with Gasteiger partial charge < -0.3 is 19.7 Å². The van der Waals surface area contributed by atoms with Gasteiger partial charge in [0.25, 0.3) is 0 Å². The van der Waals surface area contributed by atoms with Gasteiger partial charge in [-0.2, -0.15) is 0 Å². The monoisotopic (exact) mass is 329 g/mol. The van der Waals surface area contributed by atoms with Gasteiger partial charge in [-0.25, -0.2) is 4.79 Å². The van der Waals surface area contributed by atoms with E-state index in [2.05, 4.69) is 0 Å². The van der Waals surface area contributed by atoms with E-state index in [1.165, 1.54) is 4.90 Å². The normalized spacial score (nSPS) is 20.3. The highest BCUT2D eigenvalue weighted by molar-refractivity contribution is 6.31. The molecular weight excluding hydrogens is 310 g/mol. The fourth-order valence-electron chi connectivity index (χ4n) is 2.35. The van der Waals surface area contributed by atoms with Crippen molar-refractivity contribution in [2.75, 3.05) is 26.4 Å². The molecule has 1 aromatic carbocycles. The molecule has 1 saturated heterocycles. The maximum Gasteiger partial charge on any atom is 0.407 e. The minimum Gasteiger partial charge on any atom is -0.491 e. The van der Waals surface area contributed by atoms with Gasteiger partial charge in [-0.1, -0.05) is 17.7 Å². The summed E-state index contributed by atoms with van der Waals surface area (Å²) in [5, 5.41) is 19.0. The first-order valence-corrected chi connectivity index (χ1v) is 7.54. The maximum absolute atomic E-state index is 11.4. The molecule has 0 radical (unpaired) electrons. The van der Waals surface area contributed by atoms with Crippen LogP contribution in [0.25, 0.3) is 0 Å². The molecule has 7 heteroatoms. The Hall–Kier alpha value is -1.50. The van der Waals surface area contributed by atoms with Crippen molar-refractivity contribution in [3.8, 4) is 5.75 Å². The third-order valence-electron chi connectivity index (χ3n) is 3.41. The first kappa shape index (κ1) is 16.9. The molecule has 1 fully saturated rings. The van der Waals surface area contributed by atoms with Crippen molar-refractivity contribution in [2.24, 2.45) is 0 Å². The Kier molecular flexibility index (Phi) is 5.88. The van der Waals surface area contributed by atoms with Gasteiger partial charge >= 0.3 is 6.09 Å². The number of rotatable bonds is 4. The van der Waals surface area contributed by atoms with E-state index in [1.54, 1.807) is 25.1 Å². The van der Waals surface area contributed by atoms with Crippen molar-refractivity contribution in [1.29, 1.82) is 0 Å². The molecule has 1 aliphatic rings. The number of carbonyl (C=O) groups is 1. The Morgan fingerprint density at radius 3 is 3.00 bits per heavy atom. The van der Waals surface area contributed by atoms with Crippen molar-refractivity contribution in [1.82, 2.24) is 4.90 Å². The standard InChI is InChI=1S/C15H20ClNO5/c1-10(18)8-22-11-3-4-12(13(16)7-11)14-9-21-6-2-5-17(14)15(19)20/h3-4,7,10,14,18H,2,5-6,8-9H2,1H3,(H,19,20)/t10-,14?/m1/s1. The van der Waals surface area contributed by atoms with E-state index in [1.807, 2.05) is 0 Å². The summed E-state index contributed by atoms with van der Waals surface area (Å²) >= 11 is 6.28. The minimum absolute atomic E-state index is 0.170. The highest BCUT2D eigenvalue weighted by Crippen LogP contribution is 2.32. The Bertz CT molecular complexity index is 523. The maximum atomic E-state index is 11.4. The van der Waals surface area contributed by atoms with Gasteiger partial charge in [-0.15, -0.1) is 0 Å². The van der Waals surface area contributed by atoms with E-state index < -0.39 is 18.2 Å². The van der Waals surface area contributed by atoms with E-state index in [4.69, 9.17) is 21.1 Å². The summed E-state index contributed by atoms with van der Waals surface area (Å²) in [6.45, 7) is 3.02. The van der Waals surface area contributed by atoms with Gasteiger partial charge in [-0.05, 0) is 31.0 Å². The zero-order chi connectivity index (χ0) is 16.1. The molecule has 0 bridgehead atoms. The molecule has 1 unspecified atom stereocenters. The first-order valence-electron chi connectivity index (χ1n) is 7.16. The second-order valence-electron chi connectivity index (χ2n) is 5.26. The van der Waals surface area contributed by atoms with Crippen molar-refractivity contribution >= 4 is 17.7 Å². The van der Waals surface area contributed by atoms with Gasteiger partial charge in [0.05, 0.1) is 18.8 Å². The lowest BCUT2D eigenvalue weighted by molar-refractivity contribution is 0.0904. The molecule has 0 aliphatic carbocycles. The molecule has 2 atom stereocenters. The number of carboxylic acid groups (broad SMARTS) is 1. The fraction of sp³-hybridized carbons (Fsp3) is 0.533. The molecule has 0 aromatic heterocycles. The zero-order valence-corrected chi connectivity index (χ0v) is 13.1. The summed E-state index contributed by atoms with van der Waals surface area (Å²) in [6.07, 6.45) is -0.895. The van der Waals surface area contributed by atoms with Crippen LogP contribution in [0.3, 0.4) is 0 Å². The minimum atomic E-state index is -0.985. The molecular formula is C15H20ClNO5. The predicted octanol–water partition coefficient (Wildman–Crippen LogP) is 2.54. The van der Waals surface area contributed by atoms with Crippen molar-refractivity contribution in [3.63, 3.8) is 0 Å². The highest BCUT2D eigenvalue weighted by atomic mass is 35.5. The van der Waals surface area contributed by atoms with Gasteiger partial charge in [-0.3, -0.25) is 4.90 Å². The average Bonchev–Trinajstić information content (AvgIpc) is 2.71. The van der Waals surface area contributed by atoms with Crippen LogP contribution in [-0.4, -0.2) is 53.7 Å². The first-order chi connectivity index (χ1) is 10.5. The molecule has 1 aromatic rings. The number of nitrogens with zero attached hydrogens (tertiary/aromatic N) is 1. The van der Waals surface area contributed by atoms with Crippen LogP contribution in [0.1, 0.15) is 24.9 Å². The number of amides is 1. The van der Waals surface area contributed by atoms with Crippen LogP contribution in [0.5, 0.6) is 5.75 Å². The number of hydrogen-bond acceptors (Lipinski definition) is 4. The summed E-state index contributed by atoms with van der Waals surface area (Å²) in [7, 11) is 0. The Balaban J connectivity index is 2.20. The topological polar surface area (TPSA) is 79.2 Å². The summed E-state index contributed by atoms with van der Waals surface area (Å²) in [6, 6.07) is 4.66. The van der Waals surface area contributed by atoms with Crippen LogP contribution in [0.15, 0.2) is 18.2 Å². The van der Waals surface area contributed by atoms with E-state index in [0.29, 0.717) is 35.9 Å². The lowest BCUT2D eigenvalue weighted by atomic mass is 10.1. The summed E-state index contributed by atoms with van der Waals surface area (Å²) in [5.74, 6) is 0.533. The van der Waals surface area contributed by atoms with E-state index in [0.717, 1.165) is 0 Å². The quantitative estimate of drug-likeness (QED) is 0.887. The van der Waals surface area contributed by atoms with Gasteiger partial charge in [0.2, 0.25) is 0 Å². The molecule has 2 N–H and O–H groups in total. The molecule has 0 spiro atoms. The smallest absolute Gasteiger partial charge is 0.407 e. The number of aliphatic hydroxyl groups excluding tert-OH is 1. The lowest BCUT2D eigenvalue weighted by Crippen LogP contribution is -2.35. The number of halogens is 1. The van der Waals surface area contributed by atoms with E-state index in [9.17, 15) is 15.0 Å². The van der Waals surface area contributed by atoms with Crippen LogP contribution in [0.4, 0.5) is 4.79 Å². The number of benzene rings is 1. The Morgan fingerprint density at radius 2 is 2.36 bits per heavy atom. The van der Waals surface area contributed by atoms with Crippen LogP contribution in [0.2, 0.25) is 5.02 Å². The SMILES string of the molecule is C[C@@H](O)COc1ccc(C2COCCCN2C(=O)O)c(Cl)c1.